The Hall–Kier alpha value is -1.40. The first-order valence-corrected chi connectivity index (χ1v) is 10.4. The van der Waals surface area contributed by atoms with Crippen LogP contribution in [0.4, 0.5) is 0 Å². The Morgan fingerprint density at radius 3 is 1.87 bits per heavy atom. The van der Waals surface area contributed by atoms with Crippen molar-refractivity contribution in [3.63, 3.8) is 0 Å². The number of benzene rings is 1. The Labute approximate surface area is 138 Å². The molecule has 0 heterocycles. The summed E-state index contributed by atoms with van der Waals surface area (Å²) in [6.07, 6.45) is 7.56. The van der Waals surface area contributed by atoms with Crippen LogP contribution in [0, 0.1) is 18.3 Å². The lowest BCUT2D eigenvalue weighted by molar-refractivity contribution is 0.164. The van der Waals surface area contributed by atoms with E-state index in [0.29, 0.717) is 6.42 Å². The molecule has 8 heteroatoms. The number of terminal acetylenes is 1. The molecule has 1 atom stereocenters. The predicted molar refractivity (Wildman–Crippen MR) is 87.7 cm³/mol. The average molecular weight is 360 g/mol. The molecule has 0 radical (unpaired) electrons. The van der Waals surface area contributed by atoms with Crippen LogP contribution in [0.25, 0.3) is 0 Å². The predicted octanol–water partition coefficient (Wildman–Crippen LogP) is 1.36. The smallest absolute Gasteiger partial charge is 0.264 e. The van der Waals surface area contributed by atoms with Crippen molar-refractivity contribution in [3.8, 4) is 12.3 Å². The fraction of sp³-hybridized carbons (Fsp3) is 0.467. The van der Waals surface area contributed by atoms with Gasteiger partial charge in [-0.05, 0) is 5.56 Å². The molecule has 1 aromatic rings. The van der Waals surface area contributed by atoms with Crippen molar-refractivity contribution in [3.05, 3.63) is 35.9 Å². The van der Waals surface area contributed by atoms with Gasteiger partial charge in [-0.15, -0.1) is 12.3 Å². The van der Waals surface area contributed by atoms with Crippen LogP contribution >= 0.6 is 0 Å². The first-order chi connectivity index (χ1) is 10.6. The lowest BCUT2D eigenvalue weighted by Crippen LogP contribution is -2.26. The van der Waals surface area contributed by atoms with Gasteiger partial charge in [0.25, 0.3) is 20.2 Å². The zero-order chi connectivity index (χ0) is 17.5. The van der Waals surface area contributed by atoms with Crippen LogP contribution in [0.15, 0.2) is 30.3 Å². The second-order valence-electron chi connectivity index (χ2n) is 5.16. The van der Waals surface area contributed by atoms with Crippen LogP contribution in [-0.4, -0.2) is 42.6 Å². The molecule has 1 aromatic carbocycles. The van der Waals surface area contributed by atoms with Gasteiger partial charge in [0, 0.05) is 18.3 Å². The highest BCUT2D eigenvalue weighted by Gasteiger charge is 2.26. The van der Waals surface area contributed by atoms with Gasteiger partial charge in [0.2, 0.25) is 0 Å². The van der Waals surface area contributed by atoms with Crippen molar-refractivity contribution in [1.82, 2.24) is 0 Å². The summed E-state index contributed by atoms with van der Waals surface area (Å²) in [4.78, 5) is 0. The molecule has 0 aliphatic carbocycles. The van der Waals surface area contributed by atoms with E-state index in [1.807, 2.05) is 30.3 Å². The molecule has 0 N–H and O–H groups in total. The third-order valence-corrected chi connectivity index (χ3v) is 4.26. The maximum absolute atomic E-state index is 11.2. The highest BCUT2D eigenvalue weighted by atomic mass is 32.2. The van der Waals surface area contributed by atoms with Gasteiger partial charge in [0.15, 0.2) is 0 Å². The molecule has 0 amide bonds. The van der Waals surface area contributed by atoms with Crippen LogP contribution in [-0.2, 0) is 28.6 Å². The van der Waals surface area contributed by atoms with Crippen molar-refractivity contribution >= 4 is 20.2 Å². The fourth-order valence-electron chi connectivity index (χ4n) is 2.09. The van der Waals surface area contributed by atoms with E-state index in [2.05, 4.69) is 5.92 Å². The molecular weight excluding hydrogens is 340 g/mol. The molecule has 23 heavy (non-hydrogen) atoms. The molecule has 0 aromatic heterocycles. The first-order valence-electron chi connectivity index (χ1n) is 6.79. The molecule has 0 bridgehead atoms. The van der Waals surface area contributed by atoms with E-state index in [0.717, 1.165) is 18.1 Å². The summed E-state index contributed by atoms with van der Waals surface area (Å²) < 4.78 is 54.6. The molecule has 0 fully saturated rings. The van der Waals surface area contributed by atoms with Crippen molar-refractivity contribution in [2.75, 3.05) is 25.7 Å². The van der Waals surface area contributed by atoms with Crippen LogP contribution in [0.5, 0.6) is 0 Å². The number of rotatable bonds is 9. The van der Waals surface area contributed by atoms with Gasteiger partial charge in [-0.25, -0.2) is 0 Å². The number of hydrogen-bond acceptors (Lipinski definition) is 6. The Kier molecular flexibility index (Phi) is 7.22. The molecule has 0 aliphatic rings. The Bertz CT molecular complexity index is 696. The molecule has 1 rings (SSSR count). The lowest BCUT2D eigenvalue weighted by Gasteiger charge is -2.25. The summed E-state index contributed by atoms with van der Waals surface area (Å²) in [6.45, 7) is -0.425. The second-order valence-corrected chi connectivity index (χ2v) is 8.45. The van der Waals surface area contributed by atoms with Gasteiger partial charge in [-0.2, -0.15) is 16.8 Å². The molecular formula is C15H20O6S2. The van der Waals surface area contributed by atoms with Gasteiger partial charge in [0.1, 0.15) is 0 Å². The summed E-state index contributed by atoms with van der Waals surface area (Å²) in [7, 11) is -7.32. The van der Waals surface area contributed by atoms with Gasteiger partial charge in [0.05, 0.1) is 25.7 Å². The highest BCUT2D eigenvalue weighted by molar-refractivity contribution is 7.86. The number of hydrogen-bond donors (Lipinski definition) is 0. The fourth-order valence-corrected chi connectivity index (χ4v) is 2.93. The third kappa shape index (κ3) is 8.13. The topological polar surface area (TPSA) is 86.7 Å². The normalized spacial score (nSPS) is 13.7. The van der Waals surface area contributed by atoms with E-state index >= 15 is 0 Å². The van der Waals surface area contributed by atoms with E-state index < -0.39 is 26.2 Å². The van der Waals surface area contributed by atoms with Crippen molar-refractivity contribution < 1.29 is 25.2 Å². The van der Waals surface area contributed by atoms with Crippen LogP contribution in [0.2, 0.25) is 0 Å². The van der Waals surface area contributed by atoms with Crippen LogP contribution in [0.3, 0.4) is 0 Å². The summed E-state index contributed by atoms with van der Waals surface area (Å²) >= 11 is 0. The zero-order valence-electron chi connectivity index (χ0n) is 13.0. The van der Waals surface area contributed by atoms with E-state index in [1.165, 1.54) is 0 Å². The van der Waals surface area contributed by atoms with Gasteiger partial charge in [-0.1, -0.05) is 30.3 Å². The van der Waals surface area contributed by atoms with Gasteiger partial charge < -0.3 is 0 Å². The monoisotopic (exact) mass is 360 g/mol. The van der Waals surface area contributed by atoms with Crippen LogP contribution in [0.1, 0.15) is 17.9 Å². The summed E-state index contributed by atoms with van der Waals surface area (Å²) in [5, 5.41) is 0. The first kappa shape index (κ1) is 19.6. The maximum atomic E-state index is 11.2. The van der Waals surface area contributed by atoms with Crippen LogP contribution < -0.4 is 0 Å². The molecule has 0 aliphatic heterocycles. The minimum atomic E-state index is -3.66. The lowest BCUT2D eigenvalue weighted by atomic mass is 9.84. The van der Waals surface area contributed by atoms with Gasteiger partial charge >= 0.3 is 0 Å². The largest absolute Gasteiger partial charge is 0.270 e. The highest BCUT2D eigenvalue weighted by Crippen LogP contribution is 2.29. The van der Waals surface area contributed by atoms with E-state index in [-0.39, 0.29) is 19.1 Å². The molecule has 0 saturated carbocycles. The van der Waals surface area contributed by atoms with Crippen molar-refractivity contribution in [2.45, 2.75) is 12.3 Å². The third-order valence-electron chi connectivity index (χ3n) is 3.13. The zero-order valence-corrected chi connectivity index (χ0v) is 14.6. The Morgan fingerprint density at radius 1 is 1.00 bits per heavy atom. The minimum absolute atomic E-state index is 0.213. The molecule has 128 valence electrons. The maximum Gasteiger partial charge on any atom is 0.264 e. The second kappa shape index (κ2) is 8.45. The van der Waals surface area contributed by atoms with E-state index in [1.54, 1.807) is 0 Å². The van der Waals surface area contributed by atoms with Gasteiger partial charge in [-0.3, -0.25) is 8.37 Å². The summed E-state index contributed by atoms with van der Waals surface area (Å²) in [6, 6.07) is 9.17. The molecule has 6 nitrogen and oxygen atoms in total. The average Bonchev–Trinajstić information content (AvgIpc) is 2.44. The summed E-state index contributed by atoms with van der Waals surface area (Å²) in [5.74, 6) is 1.71. The minimum Gasteiger partial charge on any atom is -0.270 e. The van der Waals surface area contributed by atoms with Crippen molar-refractivity contribution in [1.29, 1.82) is 0 Å². The SMILES string of the molecule is C#CCC(c1ccccc1)C(COS(C)(=O)=O)COS(C)(=O)=O. The van der Waals surface area contributed by atoms with E-state index in [9.17, 15) is 16.8 Å². The summed E-state index contributed by atoms with van der Waals surface area (Å²) in [5.41, 5.74) is 0.865. The molecule has 1 unspecified atom stereocenters. The Morgan fingerprint density at radius 2 is 1.48 bits per heavy atom. The van der Waals surface area contributed by atoms with Crippen molar-refractivity contribution in [2.24, 2.45) is 5.92 Å². The standard InChI is InChI=1S/C15H20O6S2/c1-4-8-15(13-9-6-5-7-10-13)14(11-20-22(2,16)17)12-21-23(3,18)19/h1,5-7,9-10,14-15H,8,11-12H2,2-3H3. The molecule has 0 saturated heterocycles. The molecule has 0 spiro atoms. The van der Waals surface area contributed by atoms with E-state index in [4.69, 9.17) is 14.8 Å². The quantitative estimate of drug-likeness (QED) is 0.488. The Balaban J connectivity index is 3.03.